The molecule has 0 bridgehead atoms. The zero-order valence-electron chi connectivity index (χ0n) is 16.6. The third-order valence-electron chi connectivity index (χ3n) is 5.12. The molecule has 0 amide bonds. The van der Waals surface area contributed by atoms with Gasteiger partial charge in [0, 0.05) is 45.0 Å². The molecule has 146 valence electrons. The summed E-state index contributed by atoms with van der Waals surface area (Å²) in [4.78, 5) is 13.7. The molecule has 1 aliphatic heterocycles. The maximum Gasteiger partial charge on any atom is 0.227 e. The summed E-state index contributed by atoms with van der Waals surface area (Å²) in [7, 11) is 3.98. The Hall–Kier alpha value is -2.34. The van der Waals surface area contributed by atoms with Crippen molar-refractivity contribution in [2.75, 3.05) is 43.5 Å². The van der Waals surface area contributed by atoms with Crippen LogP contribution in [0.1, 0.15) is 31.0 Å². The Bertz CT molecular complexity index is 724. The Morgan fingerprint density at radius 3 is 2.48 bits per heavy atom. The van der Waals surface area contributed by atoms with Gasteiger partial charge in [-0.25, -0.2) is 4.98 Å². The van der Waals surface area contributed by atoms with Gasteiger partial charge in [-0.3, -0.25) is 0 Å². The predicted molar refractivity (Wildman–Crippen MR) is 111 cm³/mol. The van der Waals surface area contributed by atoms with Crippen LogP contribution in [-0.4, -0.2) is 54.8 Å². The van der Waals surface area contributed by atoms with E-state index in [0.717, 1.165) is 62.8 Å². The van der Waals surface area contributed by atoms with Crippen molar-refractivity contribution in [3.63, 3.8) is 0 Å². The van der Waals surface area contributed by atoms with Crippen molar-refractivity contribution >= 4 is 11.8 Å². The van der Waals surface area contributed by atoms with Gasteiger partial charge in [-0.1, -0.05) is 19.1 Å². The molecule has 0 spiro atoms. The Morgan fingerprint density at radius 2 is 1.85 bits per heavy atom. The lowest BCUT2D eigenvalue weighted by Gasteiger charge is -2.33. The predicted octanol–water partition coefficient (Wildman–Crippen LogP) is 2.61. The second kappa shape index (κ2) is 9.04. The quantitative estimate of drug-likeness (QED) is 0.782. The summed E-state index contributed by atoms with van der Waals surface area (Å²) in [6.07, 6.45) is 4.15. The summed E-state index contributed by atoms with van der Waals surface area (Å²) in [5.41, 5.74) is 2.35. The number of aryl methyl sites for hydroxylation is 1. The third-order valence-corrected chi connectivity index (χ3v) is 5.12. The first-order valence-corrected chi connectivity index (χ1v) is 9.86. The van der Waals surface area contributed by atoms with Crippen LogP contribution in [0.25, 0.3) is 0 Å². The number of rotatable bonds is 7. The first-order valence-electron chi connectivity index (χ1n) is 9.86. The monoisotopic (exact) mass is 369 g/mol. The van der Waals surface area contributed by atoms with Crippen LogP contribution < -0.4 is 15.1 Å². The van der Waals surface area contributed by atoms with Crippen LogP contribution in [-0.2, 0) is 12.8 Å². The topological polar surface area (TPSA) is 64.5 Å². The molecule has 2 N–H and O–H groups in total. The molecular formula is C21H31N5O. The first kappa shape index (κ1) is 19.4. The SMILES string of the molecule is CCc1cc(N2CCC(NCCc3ccc(O)cc3)CC2)nc(N(C)C)n1. The van der Waals surface area contributed by atoms with Gasteiger partial charge in [-0.15, -0.1) is 0 Å². The molecule has 0 radical (unpaired) electrons. The fourth-order valence-electron chi connectivity index (χ4n) is 3.41. The summed E-state index contributed by atoms with van der Waals surface area (Å²) in [6.45, 7) is 5.14. The molecule has 1 fully saturated rings. The molecule has 3 rings (SSSR count). The van der Waals surface area contributed by atoms with Crippen LogP contribution >= 0.6 is 0 Å². The third kappa shape index (κ3) is 5.32. The number of nitrogens with one attached hydrogen (secondary N) is 1. The van der Waals surface area contributed by atoms with E-state index in [4.69, 9.17) is 4.98 Å². The normalized spacial score (nSPS) is 15.1. The highest BCUT2D eigenvalue weighted by atomic mass is 16.3. The van der Waals surface area contributed by atoms with Gasteiger partial charge in [0.1, 0.15) is 11.6 Å². The number of anilines is 2. The maximum atomic E-state index is 9.35. The van der Waals surface area contributed by atoms with Gasteiger partial charge < -0.3 is 20.2 Å². The highest BCUT2D eigenvalue weighted by Gasteiger charge is 2.21. The highest BCUT2D eigenvalue weighted by Crippen LogP contribution is 2.21. The van der Waals surface area contributed by atoms with Gasteiger partial charge in [0.2, 0.25) is 5.95 Å². The number of hydrogen-bond donors (Lipinski definition) is 2. The molecule has 1 saturated heterocycles. The average molecular weight is 370 g/mol. The van der Waals surface area contributed by atoms with Crippen LogP contribution in [0.15, 0.2) is 30.3 Å². The van der Waals surface area contributed by atoms with Crippen molar-refractivity contribution in [2.45, 2.75) is 38.6 Å². The molecule has 2 aromatic rings. The molecular weight excluding hydrogens is 338 g/mol. The van der Waals surface area contributed by atoms with Crippen molar-refractivity contribution in [2.24, 2.45) is 0 Å². The lowest BCUT2D eigenvalue weighted by atomic mass is 10.0. The van der Waals surface area contributed by atoms with Crippen molar-refractivity contribution in [3.8, 4) is 5.75 Å². The molecule has 0 unspecified atom stereocenters. The number of benzene rings is 1. The first-order chi connectivity index (χ1) is 13.0. The van der Waals surface area contributed by atoms with Crippen LogP contribution in [0.5, 0.6) is 5.75 Å². The molecule has 0 saturated carbocycles. The minimum atomic E-state index is 0.326. The van der Waals surface area contributed by atoms with E-state index in [-0.39, 0.29) is 0 Å². The van der Waals surface area contributed by atoms with Crippen molar-refractivity contribution in [3.05, 3.63) is 41.6 Å². The number of phenolic OH excluding ortho intramolecular Hbond substituents is 1. The molecule has 2 heterocycles. The Balaban J connectivity index is 1.50. The van der Waals surface area contributed by atoms with E-state index in [2.05, 4.69) is 28.2 Å². The number of piperidine rings is 1. The van der Waals surface area contributed by atoms with Gasteiger partial charge in [-0.2, -0.15) is 4.98 Å². The fraction of sp³-hybridized carbons (Fsp3) is 0.524. The van der Waals surface area contributed by atoms with Crippen molar-refractivity contribution < 1.29 is 5.11 Å². The fourth-order valence-corrected chi connectivity index (χ4v) is 3.41. The van der Waals surface area contributed by atoms with E-state index in [9.17, 15) is 5.11 Å². The van der Waals surface area contributed by atoms with Crippen LogP contribution in [0.4, 0.5) is 11.8 Å². The molecule has 6 heteroatoms. The molecule has 1 aromatic heterocycles. The van der Waals surface area contributed by atoms with E-state index in [0.29, 0.717) is 11.8 Å². The molecule has 0 aliphatic carbocycles. The molecule has 0 atom stereocenters. The van der Waals surface area contributed by atoms with Gasteiger partial charge in [0.15, 0.2) is 0 Å². The van der Waals surface area contributed by atoms with E-state index >= 15 is 0 Å². The highest BCUT2D eigenvalue weighted by molar-refractivity contribution is 5.46. The van der Waals surface area contributed by atoms with E-state index in [1.165, 1.54) is 5.56 Å². The van der Waals surface area contributed by atoms with Crippen molar-refractivity contribution in [1.82, 2.24) is 15.3 Å². The Morgan fingerprint density at radius 1 is 1.15 bits per heavy atom. The lowest BCUT2D eigenvalue weighted by molar-refractivity contribution is 0.416. The number of nitrogens with zero attached hydrogens (tertiary/aromatic N) is 4. The zero-order chi connectivity index (χ0) is 19.2. The molecule has 1 aliphatic rings. The van der Waals surface area contributed by atoms with E-state index in [1.807, 2.05) is 31.1 Å². The average Bonchev–Trinajstić information content (AvgIpc) is 2.69. The summed E-state index contributed by atoms with van der Waals surface area (Å²) in [5.74, 6) is 2.17. The van der Waals surface area contributed by atoms with E-state index in [1.54, 1.807) is 12.1 Å². The van der Waals surface area contributed by atoms with E-state index < -0.39 is 0 Å². The summed E-state index contributed by atoms with van der Waals surface area (Å²) in [6, 6.07) is 10.2. The lowest BCUT2D eigenvalue weighted by Crippen LogP contribution is -2.43. The molecule has 27 heavy (non-hydrogen) atoms. The summed E-state index contributed by atoms with van der Waals surface area (Å²) in [5, 5.41) is 13.0. The minimum Gasteiger partial charge on any atom is -0.508 e. The van der Waals surface area contributed by atoms with Gasteiger partial charge >= 0.3 is 0 Å². The molecule has 1 aromatic carbocycles. The van der Waals surface area contributed by atoms with Crippen LogP contribution in [0.2, 0.25) is 0 Å². The zero-order valence-corrected chi connectivity index (χ0v) is 16.6. The number of aromatic hydroxyl groups is 1. The number of aromatic nitrogens is 2. The standard InChI is InChI=1S/C21H31N5O/c1-4-17-15-20(24-21(23-17)25(2)3)26-13-10-18(11-14-26)22-12-9-16-5-7-19(27)8-6-16/h5-8,15,18,22,27H,4,9-14H2,1-3H3. The summed E-state index contributed by atoms with van der Waals surface area (Å²) >= 11 is 0. The van der Waals surface area contributed by atoms with Gasteiger partial charge in [0.05, 0.1) is 0 Å². The largest absolute Gasteiger partial charge is 0.508 e. The second-order valence-corrected chi connectivity index (χ2v) is 7.40. The van der Waals surface area contributed by atoms with Crippen LogP contribution in [0.3, 0.4) is 0 Å². The van der Waals surface area contributed by atoms with Gasteiger partial charge in [0.25, 0.3) is 0 Å². The maximum absolute atomic E-state index is 9.35. The second-order valence-electron chi connectivity index (χ2n) is 7.40. The Kier molecular flexibility index (Phi) is 6.50. The van der Waals surface area contributed by atoms with Crippen molar-refractivity contribution in [1.29, 1.82) is 0 Å². The van der Waals surface area contributed by atoms with Crippen LogP contribution in [0, 0.1) is 0 Å². The number of hydrogen-bond acceptors (Lipinski definition) is 6. The minimum absolute atomic E-state index is 0.326. The van der Waals surface area contributed by atoms with Gasteiger partial charge in [-0.05, 0) is 49.9 Å². The Labute approximate surface area is 162 Å². The smallest absolute Gasteiger partial charge is 0.227 e. The molecule has 6 nitrogen and oxygen atoms in total. The summed E-state index contributed by atoms with van der Waals surface area (Å²) < 4.78 is 0. The number of phenols is 1.